The van der Waals surface area contributed by atoms with Gasteiger partial charge in [0.15, 0.2) is 5.78 Å². The molecule has 3 heteroatoms. The van der Waals surface area contributed by atoms with Crippen LogP contribution in [0.15, 0.2) is 29.8 Å². The zero-order valence-corrected chi connectivity index (χ0v) is 12.8. The number of benzene rings is 1. The highest BCUT2D eigenvalue weighted by atomic mass is 16.5. The molecule has 2 rings (SSSR count). The number of allylic oxidation sites excluding steroid dienone is 1. The van der Waals surface area contributed by atoms with E-state index in [0.717, 1.165) is 36.3 Å². The van der Waals surface area contributed by atoms with Crippen LogP contribution in [-0.2, 0) is 4.79 Å². The van der Waals surface area contributed by atoms with Crippen LogP contribution < -0.4 is 4.74 Å². The number of nitrogens with zero attached hydrogens (tertiary/aromatic N) is 1. The lowest BCUT2D eigenvalue weighted by molar-refractivity contribution is -0.122. The minimum absolute atomic E-state index is 0.234. The Kier molecular flexibility index (Phi) is 4.29. The Morgan fingerprint density at radius 1 is 1.30 bits per heavy atom. The third-order valence-corrected chi connectivity index (χ3v) is 3.91. The molecule has 0 aromatic heterocycles. The molecule has 0 N–H and O–H groups in total. The molecule has 0 bridgehead atoms. The second kappa shape index (κ2) is 5.80. The van der Waals surface area contributed by atoms with Crippen molar-refractivity contribution in [2.24, 2.45) is 5.41 Å². The Balaban J connectivity index is 2.17. The van der Waals surface area contributed by atoms with Crippen LogP contribution in [0.4, 0.5) is 0 Å². The summed E-state index contributed by atoms with van der Waals surface area (Å²) in [7, 11) is 5.69. The second-order valence-electron chi connectivity index (χ2n) is 6.07. The van der Waals surface area contributed by atoms with Gasteiger partial charge in [0, 0.05) is 12.0 Å². The van der Waals surface area contributed by atoms with Gasteiger partial charge >= 0.3 is 0 Å². The van der Waals surface area contributed by atoms with Crippen molar-refractivity contribution < 1.29 is 9.53 Å². The number of hydrogen-bond acceptors (Lipinski definition) is 3. The molecular formula is C17H23NO2. The highest BCUT2D eigenvalue weighted by Crippen LogP contribution is 2.39. The highest BCUT2D eigenvalue weighted by Gasteiger charge is 2.40. The van der Waals surface area contributed by atoms with Gasteiger partial charge in [-0.05, 0) is 56.3 Å². The second-order valence-corrected chi connectivity index (χ2v) is 6.07. The standard InChI is InChI=1S/C17H23NO2/c1-17(12-18(2)3)10-9-14(16(17)19)11-13-5-7-15(20-4)8-6-13/h5-8,11H,9-10,12H2,1-4H3/b14-11+/t17-/m1/s1. The Labute approximate surface area is 121 Å². The lowest BCUT2D eigenvalue weighted by Crippen LogP contribution is -2.34. The first-order valence-corrected chi connectivity index (χ1v) is 6.99. The van der Waals surface area contributed by atoms with Gasteiger partial charge in [0.05, 0.1) is 7.11 Å². The summed E-state index contributed by atoms with van der Waals surface area (Å²) in [6.45, 7) is 2.88. The summed E-state index contributed by atoms with van der Waals surface area (Å²) in [5, 5.41) is 0. The fraction of sp³-hybridized carbons (Fsp3) is 0.471. The summed E-state index contributed by atoms with van der Waals surface area (Å²) in [6, 6.07) is 7.82. The molecule has 0 amide bonds. The summed E-state index contributed by atoms with van der Waals surface area (Å²) in [5.74, 6) is 1.13. The van der Waals surface area contributed by atoms with Crippen LogP contribution in [-0.4, -0.2) is 38.4 Å². The number of ketones is 1. The van der Waals surface area contributed by atoms with Crippen molar-refractivity contribution in [2.45, 2.75) is 19.8 Å². The molecule has 0 heterocycles. The molecule has 20 heavy (non-hydrogen) atoms. The third-order valence-electron chi connectivity index (χ3n) is 3.91. The van der Waals surface area contributed by atoms with E-state index in [0.29, 0.717) is 5.78 Å². The Hall–Kier alpha value is -1.61. The van der Waals surface area contributed by atoms with E-state index in [-0.39, 0.29) is 5.41 Å². The van der Waals surface area contributed by atoms with Gasteiger partial charge in [0.2, 0.25) is 0 Å². The average molecular weight is 273 g/mol. The maximum Gasteiger partial charge on any atom is 0.166 e. The van der Waals surface area contributed by atoms with Crippen molar-refractivity contribution in [2.75, 3.05) is 27.7 Å². The van der Waals surface area contributed by atoms with Crippen LogP contribution in [0.3, 0.4) is 0 Å². The van der Waals surface area contributed by atoms with Crippen molar-refractivity contribution in [1.29, 1.82) is 0 Å². The van der Waals surface area contributed by atoms with Crippen LogP contribution in [0.5, 0.6) is 5.75 Å². The smallest absolute Gasteiger partial charge is 0.166 e. The first-order valence-electron chi connectivity index (χ1n) is 6.99. The quantitative estimate of drug-likeness (QED) is 0.790. The van der Waals surface area contributed by atoms with Crippen molar-refractivity contribution in [3.8, 4) is 5.75 Å². The van der Waals surface area contributed by atoms with Gasteiger partial charge in [0.1, 0.15) is 5.75 Å². The largest absolute Gasteiger partial charge is 0.497 e. The van der Waals surface area contributed by atoms with Crippen molar-refractivity contribution in [1.82, 2.24) is 4.90 Å². The number of ether oxygens (including phenoxy) is 1. The Morgan fingerprint density at radius 2 is 1.95 bits per heavy atom. The number of rotatable bonds is 4. The molecule has 1 aromatic rings. The first kappa shape index (κ1) is 14.8. The molecule has 1 saturated carbocycles. The summed E-state index contributed by atoms with van der Waals surface area (Å²) in [5.41, 5.74) is 1.77. The van der Waals surface area contributed by atoms with E-state index < -0.39 is 0 Å². The lowest BCUT2D eigenvalue weighted by atomic mass is 9.86. The highest BCUT2D eigenvalue weighted by molar-refractivity contribution is 6.05. The zero-order valence-electron chi connectivity index (χ0n) is 12.8. The molecule has 108 valence electrons. The SMILES string of the molecule is COc1ccc(/C=C2\CC[C@](C)(CN(C)C)C2=O)cc1. The molecular weight excluding hydrogens is 250 g/mol. The number of Topliss-reactive ketones (excluding diaryl/α,β-unsaturated/α-hetero) is 1. The Bertz CT molecular complexity index is 516. The predicted molar refractivity (Wildman–Crippen MR) is 81.9 cm³/mol. The van der Waals surface area contributed by atoms with Crippen LogP contribution in [0.25, 0.3) is 6.08 Å². The molecule has 0 spiro atoms. The van der Waals surface area contributed by atoms with E-state index in [1.54, 1.807) is 7.11 Å². The van der Waals surface area contributed by atoms with E-state index >= 15 is 0 Å². The van der Waals surface area contributed by atoms with E-state index in [1.807, 2.05) is 44.4 Å². The molecule has 3 nitrogen and oxygen atoms in total. The summed E-state index contributed by atoms with van der Waals surface area (Å²) in [4.78, 5) is 14.7. The van der Waals surface area contributed by atoms with Crippen molar-refractivity contribution in [3.63, 3.8) is 0 Å². The lowest BCUT2D eigenvalue weighted by Gasteiger charge is -2.25. The monoisotopic (exact) mass is 273 g/mol. The van der Waals surface area contributed by atoms with Crippen molar-refractivity contribution >= 4 is 11.9 Å². The number of methoxy groups -OCH3 is 1. The van der Waals surface area contributed by atoms with Gasteiger partial charge in [-0.2, -0.15) is 0 Å². The first-order chi connectivity index (χ1) is 9.44. The number of carbonyl (C=O) groups excluding carboxylic acids is 1. The predicted octanol–water partition coefficient (Wildman–Crippen LogP) is 3.01. The van der Waals surface area contributed by atoms with Gasteiger partial charge in [-0.15, -0.1) is 0 Å². The maximum atomic E-state index is 12.6. The topological polar surface area (TPSA) is 29.5 Å². The van der Waals surface area contributed by atoms with E-state index in [9.17, 15) is 4.79 Å². The molecule has 1 fully saturated rings. The fourth-order valence-electron chi connectivity index (χ4n) is 2.91. The Morgan fingerprint density at radius 3 is 2.50 bits per heavy atom. The van der Waals surface area contributed by atoms with E-state index in [1.165, 1.54) is 0 Å². The average Bonchev–Trinajstić information content (AvgIpc) is 2.67. The fourth-order valence-corrected chi connectivity index (χ4v) is 2.91. The molecule has 1 atom stereocenters. The summed E-state index contributed by atoms with van der Waals surface area (Å²) < 4.78 is 5.14. The molecule has 0 unspecified atom stereocenters. The zero-order chi connectivity index (χ0) is 14.8. The summed E-state index contributed by atoms with van der Waals surface area (Å²) in [6.07, 6.45) is 3.82. The molecule has 1 aliphatic carbocycles. The van der Waals surface area contributed by atoms with Gasteiger partial charge in [-0.3, -0.25) is 4.79 Å². The molecule has 0 saturated heterocycles. The molecule has 1 aromatic carbocycles. The molecule has 0 radical (unpaired) electrons. The van der Waals surface area contributed by atoms with Crippen molar-refractivity contribution in [3.05, 3.63) is 35.4 Å². The van der Waals surface area contributed by atoms with Gasteiger partial charge in [0.25, 0.3) is 0 Å². The maximum absolute atomic E-state index is 12.6. The van der Waals surface area contributed by atoms with Gasteiger partial charge in [-0.25, -0.2) is 0 Å². The summed E-state index contributed by atoms with van der Waals surface area (Å²) >= 11 is 0. The van der Waals surface area contributed by atoms with E-state index in [4.69, 9.17) is 4.74 Å². The number of carbonyl (C=O) groups is 1. The minimum atomic E-state index is -0.234. The van der Waals surface area contributed by atoms with Gasteiger partial charge in [-0.1, -0.05) is 19.1 Å². The normalized spacial score (nSPS) is 24.6. The third kappa shape index (κ3) is 3.10. The number of hydrogen-bond donors (Lipinski definition) is 0. The van der Waals surface area contributed by atoms with Crippen LogP contribution >= 0.6 is 0 Å². The molecule has 0 aliphatic heterocycles. The molecule has 1 aliphatic rings. The van der Waals surface area contributed by atoms with Crippen LogP contribution in [0, 0.1) is 5.41 Å². The minimum Gasteiger partial charge on any atom is -0.497 e. The van der Waals surface area contributed by atoms with Crippen LogP contribution in [0.2, 0.25) is 0 Å². The van der Waals surface area contributed by atoms with Crippen LogP contribution in [0.1, 0.15) is 25.3 Å². The van der Waals surface area contributed by atoms with Gasteiger partial charge < -0.3 is 9.64 Å². The van der Waals surface area contributed by atoms with E-state index in [2.05, 4.69) is 11.8 Å².